The number of hydrogen-bond donors (Lipinski definition) is 0. The minimum Gasteiger partial charge on any atom is -0.494 e. The highest BCUT2D eigenvalue weighted by Gasteiger charge is 2.39. The summed E-state index contributed by atoms with van der Waals surface area (Å²) < 4.78 is 85.2. The molecule has 4 nitrogen and oxygen atoms in total. The van der Waals surface area contributed by atoms with Gasteiger partial charge in [-0.2, -0.15) is 0 Å². The highest BCUT2D eigenvalue weighted by Crippen LogP contribution is 2.42. The van der Waals surface area contributed by atoms with Crippen LogP contribution in [0.25, 0.3) is 20.5 Å². The van der Waals surface area contributed by atoms with Crippen LogP contribution in [0.2, 0.25) is 0 Å². The molecule has 0 N–H and O–H groups in total. The van der Waals surface area contributed by atoms with Gasteiger partial charge in [-0.15, -0.1) is 24.5 Å². The Labute approximate surface area is 280 Å². The third-order valence-electron chi connectivity index (χ3n) is 8.55. The average molecular weight is 685 g/mol. The molecule has 0 aliphatic rings. The second-order valence-corrected chi connectivity index (χ2v) is 14.4. The number of esters is 1. The molecule has 0 saturated heterocycles. The molecule has 3 aromatic rings. The summed E-state index contributed by atoms with van der Waals surface area (Å²) in [6, 6.07) is 12.1. The molecule has 0 amide bonds. The first kappa shape index (κ1) is 38.6. The largest absolute Gasteiger partial charge is 0.573 e. The lowest BCUT2D eigenvalue weighted by atomic mass is 9.73. The maximum atomic E-state index is 14.5. The number of benzene rings is 2. The number of unbranched alkanes of at least 4 members (excludes halogenated alkanes) is 2. The van der Waals surface area contributed by atoms with E-state index in [4.69, 9.17) is 9.47 Å². The van der Waals surface area contributed by atoms with Crippen molar-refractivity contribution in [3.05, 3.63) is 48.0 Å². The van der Waals surface area contributed by atoms with Crippen molar-refractivity contribution >= 4 is 27.4 Å². The maximum Gasteiger partial charge on any atom is 0.573 e. The molecule has 0 aliphatic carbocycles. The van der Waals surface area contributed by atoms with Crippen LogP contribution < -0.4 is 9.47 Å². The number of aryl methyl sites for hydroxylation is 1. The van der Waals surface area contributed by atoms with Crippen molar-refractivity contribution in [2.24, 2.45) is 17.3 Å². The first-order valence-electron chi connectivity index (χ1n) is 16.6. The SMILES string of the molecule is CCCCCc1ccc(-c2cc3ccc(OCCCC(F)(F)CCCOC(=O)C(C)(CC(C)C)C(C)C)cc3s2)c(OC(F)(F)F)c1. The second-order valence-electron chi connectivity index (χ2n) is 13.4. The third kappa shape index (κ3) is 11.9. The predicted octanol–water partition coefficient (Wildman–Crippen LogP) is 12.0. The maximum absolute atomic E-state index is 14.5. The molecule has 2 aromatic carbocycles. The Bertz CT molecular complexity index is 1430. The van der Waals surface area contributed by atoms with Crippen LogP contribution in [0.5, 0.6) is 11.5 Å². The number of carbonyl (C=O) groups is 1. The fourth-order valence-corrected chi connectivity index (χ4v) is 6.78. The summed E-state index contributed by atoms with van der Waals surface area (Å²) in [5, 5.41) is 0.826. The van der Waals surface area contributed by atoms with E-state index in [0.717, 1.165) is 34.9 Å². The van der Waals surface area contributed by atoms with Gasteiger partial charge < -0.3 is 14.2 Å². The molecule has 0 aliphatic heterocycles. The van der Waals surface area contributed by atoms with Crippen molar-refractivity contribution in [1.29, 1.82) is 0 Å². The van der Waals surface area contributed by atoms with E-state index >= 15 is 0 Å². The van der Waals surface area contributed by atoms with Crippen molar-refractivity contribution < 1.29 is 41.0 Å². The van der Waals surface area contributed by atoms with Gasteiger partial charge in [0.05, 0.1) is 18.6 Å². The molecule has 1 atom stereocenters. The van der Waals surface area contributed by atoms with E-state index in [9.17, 15) is 26.7 Å². The zero-order valence-corrected chi connectivity index (χ0v) is 29.2. The molecule has 1 heterocycles. The van der Waals surface area contributed by atoms with Crippen LogP contribution in [0, 0.1) is 17.3 Å². The van der Waals surface area contributed by atoms with E-state index in [0.29, 0.717) is 34.9 Å². The number of thiophene rings is 1. The van der Waals surface area contributed by atoms with E-state index in [1.807, 2.05) is 46.8 Å². The lowest BCUT2D eigenvalue weighted by molar-refractivity contribution is -0.274. The Hall–Kier alpha value is -2.88. The Morgan fingerprint density at radius 3 is 2.21 bits per heavy atom. The standard InChI is InChI=1S/C37H49F5O4S/c1-7-8-9-12-27-13-16-30(31(21-27)46-37(40,41)42)33-22-28-14-15-29(23-32(28)47-33)44-19-10-17-36(38,39)18-11-20-45-34(43)35(6,26(4)5)24-25(2)3/h13-16,21-23,25-26H,7-12,17-20,24H2,1-6H3. The number of ether oxygens (including phenoxy) is 3. The van der Waals surface area contributed by atoms with E-state index < -0.39 is 17.7 Å². The van der Waals surface area contributed by atoms with Gasteiger partial charge in [0.15, 0.2) is 0 Å². The van der Waals surface area contributed by atoms with Gasteiger partial charge in [-0.3, -0.25) is 4.79 Å². The summed E-state index contributed by atoms with van der Waals surface area (Å²) >= 11 is 1.31. The van der Waals surface area contributed by atoms with Crippen LogP contribution >= 0.6 is 11.3 Å². The minimum atomic E-state index is -4.82. The van der Waals surface area contributed by atoms with E-state index in [2.05, 4.69) is 11.7 Å². The number of carbonyl (C=O) groups excluding carboxylic acids is 1. The summed E-state index contributed by atoms with van der Waals surface area (Å²) in [5.74, 6) is -2.60. The molecular formula is C37H49F5O4S. The second kappa shape index (κ2) is 17.0. The Balaban J connectivity index is 1.54. The smallest absolute Gasteiger partial charge is 0.494 e. The van der Waals surface area contributed by atoms with Crippen molar-refractivity contribution in [2.45, 2.75) is 112 Å². The summed E-state index contributed by atoms with van der Waals surface area (Å²) in [6.07, 6.45) is -1.12. The number of rotatable bonds is 19. The molecule has 0 radical (unpaired) electrons. The van der Waals surface area contributed by atoms with E-state index in [1.54, 1.807) is 24.3 Å². The van der Waals surface area contributed by atoms with Crippen molar-refractivity contribution in [2.75, 3.05) is 13.2 Å². The van der Waals surface area contributed by atoms with Gasteiger partial charge in [0.2, 0.25) is 5.92 Å². The van der Waals surface area contributed by atoms with Gasteiger partial charge in [0.1, 0.15) is 11.5 Å². The van der Waals surface area contributed by atoms with Gasteiger partial charge in [0.25, 0.3) is 0 Å². The van der Waals surface area contributed by atoms with Crippen molar-refractivity contribution in [3.63, 3.8) is 0 Å². The zero-order chi connectivity index (χ0) is 34.8. The Kier molecular flexibility index (Phi) is 13.9. The highest BCUT2D eigenvalue weighted by atomic mass is 32.1. The minimum absolute atomic E-state index is 0.0406. The molecule has 10 heteroatoms. The van der Waals surface area contributed by atoms with Crippen LogP contribution in [-0.4, -0.2) is 31.5 Å². The average Bonchev–Trinajstić information content (AvgIpc) is 3.39. The first-order chi connectivity index (χ1) is 22.0. The lowest BCUT2D eigenvalue weighted by Crippen LogP contribution is -2.36. The number of hydrogen-bond acceptors (Lipinski definition) is 5. The topological polar surface area (TPSA) is 44.8 Å². The molecule has 1 aromatic heterocycles. The van der Waals surface area contributed by atoms with Crippen LogP contribution in [0.1, 0.15) is 98.5 Å². The molecule has 262 valence electrons. The van der Waals surface area contributed by atoms with E-state index in [1.165, 1.54) is 17.4 Å². The highest BCUT2D eigenvalue weighted by molar-refractivity contribution is 7.22. The van der Waals surface area contributed by atoms with Gasteiger partial charge in [-0.05, 0) is 98.2 Å². The van der Waals surface area contributed by atoms with Gasteiger partial charge in [-0.1, -0.05) is 53.5 Å². The van der Waals surface area contributed by atoms with Crippen molar-refractivity contribution in [1.82, 2.24) is 0 Å². The fourth-order valence-electron chi connectivity index (χ4n) is 5.66. The van der Waals surface area contributed by atoms with Crippen molar-refractivity contribution in [3.8, 4) is 21.9 Å². The quantitative estimate of drug-likeness (QED) is 0.0716. The molecule has 0 saturated carbocycles. The van der Waals surface area contributed by atoms with Crippen LogP contribution in [-0.2, 0) is 16.0 Å². The summed E-state index contributed by atoms with van der Waals surface area (Å²) in [5.41, 5.74) is 0.496. The molecule has 0 spiro atoms. The molecule has 1 unspecified atom stereocenters. The summed E-state index contributed by atoms with van der Waals surface area (Å²) in [7, 11) is 0. The molecular weight excluding hydrogens is 635 g/mol. The number of fused-ring (bicyclic) bond motifs is 1. The Morgan fingerprint density at radius 1 is 0.872 bits per heavy atom. The Morgan fingerprint density at radius 2 is 1.57 bits per heavy atom. The van der Waals surface area contributed by atoms with Gasteiger partial charge in [0, 0.05) is 28.0 Å². The fraction of sp³-hybridized carbons (Fsp3) is 0.595. The predicted molar refractivity (Wildman–Crippen MR) is 179 cm³/mol. The van der Waals surface area contributed by atoms with Crippen LogP contribution in [0.4, 0.5) is 22.0 Å². The third-order valence-corrected chi connectivity index (χ3v) is 9.68. The molecule has 3 rings (SSSR count). The summed E-state index contributed by atoms with van der Waals surface area (Å²) in [6.45, 7) is 12.0. The van der Waals surface area contributed by atoms with E-state index in [-0.39, 0.29) is 56.5 Å². The van der Waals surface area contributed by atoms with Gasteiger partial charge in [-0.25, -0.2) is 8.78 Å². The normalized spacial score (nSPS) is 13.7. The molecule has 47 heavy (non-hydrogen) atoms. The molecule has 0 bridgehead atoms. The number of halogens is 5. The monoisotopic (exact) mass is 684 g/mol. The summed E-state index contributed by atoms with van der Waals surface area (Å²) in [4.78, 5) is 13.3. The van der Waals surface area contributed by atoms with Gasteiger partial charge >= 0.3 is 12.3 Å². The van der Waals surface area contributed by atoms with Crippen LogP contribution in [0.15, 0.2) is 42.5 Å². The first-order valence-corrected chi connectivity index (χ1v) is 17.4. The zero-order valence-electron chi connectivity index (χ0n) is 28.4. The lowest BCUT2D eigenvalue weighted by Gasteiger charge is -2.33. The molecule has 0 fully saturated rings. The van der Waals surface area contributed by atoms with Crippen LogP contribution in [0.3, 0.4) is 0 Å². The number of alkyl halides is 5.